The van der Waals surface area contributed by atoms with Gasteiger partial charge in [0.15, 0.2) is 5.82 Å². The van der Waals surface area contributed by atoms with E-state index in [1.165, 1.54) is 25.2 Å². The Bertz CT molecular complexity index is 731. The molecule has 0 radical (unpaired) electrons. The molecule has 0 aliphatic rings. The lowest BCUT2D eigenvalue weighted by atomic mass is 10.1. The van der Waals surface area contributed by atoms with Crippen LogP contribution in [0.2, 0.25) is 5.02 Å². The van der Waals surface area contributed by atoms with Gasteiger partial charge in [-0.1, -0.05) is 23.7 Å². The van der Waals surface area contributed by atoms with Gasteiger partial charge in [0, 0.05) is 14.1 Å². The van der Waals surface area contributed by atoms with E-state index < -0.39 is 11.7 Å². The monoisotopic (exact) mass is 318 g/mol. The third-order valence-corrected chi connectivity index (χ3v) is 3.17. The first kappa shape index (κ1) is 15.9. The predicted octanol–water partition coefficient (Wildman–Crippen LogP) is 2.45. The number of likely N-dealkylation sites (N-methyl/N-ethyl adjacent to an activating group) is 1. The molecular formula is C15H15ClN4O2. The molecule has 114 valence electrons. The van der Waals surface area contributed by atoms with E-state index in [2.05, 4.69) is 15.3 Å². The number of halogens is 1. The largest absolute Gasteiger partial charge is 0.342 e. The van der Waals surface area contributed by atoms with E-state index in [1.807, 2.05) is 0 Å². The summed E-state index contributed by atoms with van der Waals surface area (Å²) in [5.41, 5.74) is 0.719. The average Bonchev–Trinajstić information content (AvgIpc) is 2.50. The molecule has 1 N–H and O–H groups in total. The number of ketones is 1. The molecule has 0 fully saturated rings. The SMILES string of the molecule is Cc1ncc(Cl)c(Nc2ccccc2C(=O)C(=O)N(C)C)n1. The quantitative estimate of drug-likeness (QED) is 0.692. The molecule has 2 aromatic rings. The molecule has 0 atom stereocenters. The van der Waals surface area contributed by atoms with Crippen molar-refractivity contribution in [1.29, 1.82) is 0 Å². The van der Waals surface area contributed by atoms with Crippen molar-refractivity contribution in [3.05, 3.63) is 46.9 Å². The number of carbonyl (C=O) groups excluding carboxylic acids is 2. The van der Waals surface area contributed by atoms with E-state index in [0.717, 1.165) is 0 Å². The van der Waals surface area contributed by atoms with Crippen molar-refractivity contribution in [2.45, 2.75) is 6.92 Å². The second-order valence-electron chi connectivity index (χ2n) is 4.81. The Balaban J connectivity index is 2.39. The predicted molar refractivity (Wildman–Crippen MR) is 84.5 cm³/mol. The molecule has 1 heterocycles. The molecule has 1 amide bonds. The normalized spacial score (nSPS) is 10.2. The van der Waals surface area contributed by atoms with Crippen molar-refractivity contribution >= 4 is 34.8 Å². The summed E-state index contributed by atoms with van der Waals surface area (Å²) < 4.78 is 0. The number of nitrogens with one attached hydrogen (secondary N) is 1. The minimum atomic E-state index is -0.602. The average molecular weight is 319 g/mol. The van der Waals surface area contributed by atoms with E-state index in [4.69, 9.17) is 11.6 Å². The summed E-state index contributed by atoms with van der Waals surface area (Å²) in [5.74, 6) is -0.277. The van der Waals surface area contributed by atoms with Crippen LogP contribution in [0.4, 0.5) is 11.5 Å². The van der Waals surface area contributed by atoms with Crippen LogP contribution in [0, 0.1) is 6.92 Å². The van der Waals surface area contributed by atoms with Crippen molar-refractivity contribution in [3.8, 4) is 0 Å². The smallest absolute Gasteiger partial charge is 0.294 e. The highest BCUT2D eigenvalue weighted by molar-refractivity contribution is 6.43. The van der Waals surface area contributed by atoms with Crippen LogP contribution in [-0.4, -0.2) is 40.7 Å². The Morgan fingerprint density at radius 1 is 1.23 bits per heavy atom. The van der Waals surface area contributed by atoms with Gasteiger partial charge in [0.1, 0.15) is 10.8 Å². The third kappa shape index (κ3) is 3.40. The number of rotatable bonds is 4. The summed E-state index contributed by atoms with van der Waals surface area (Å²) in [6.07, 6.45) is 1.47. The molecule has 0 saturated carbocycles. The summed E-state index contributed by atoms with van der Waals surface area (Å²) in [6, 6.07) is 6.70. The highest BCUT2D eigenvalue weighted by Crippen LogP contribution is 2.25. The van der Waals surface area contributed by atoms with Crippen molar-refractivity contribution in [3.63, 3.8) is 0 Å². The lowest BCUT2D eigenvalue weighted by molar-refractivity contribution is -0.124. The molecule has 1 aromatic carbocycles. The summed E-state index contributed by atoms with van der Waals surface area (Å²) in [7, 11) is 3.06. The molecule has 0 saturated heterocycles. The number of carbonyl (C=O) groups is 2. The topological polar surface area (TPSA) is 75.2 Å². The zero-order valence-corrected chi connectivity index (χ0v) is 13.2. The number of aryl methyl sites for hydroxylation is 1. The number of amides is 1. The lowest BCUT2D eigenvalue weighted by Gasteiger charge is -2.13. The number of para-hydroxylation sites is 1. The van der Waals surface area contributed by atoms with Gasteiger partial charge in [-0.15, -0.1) is 0 Å². The first-order valence-corrected chi connectivity index (χ1v) is 6.89. The molecule has 2 rings (SSSR count). The fourth-order valence-corrected chi connectivity index (χ4v) is 1.92. The van der Waals surface area contributed by atoms with Gasteiger partial charge in [0.2, 0.25) is 0 Å². The van der Waals surface area contributed by atoms with E-state index in [9.17, 15) is 9.59 Å². The molecule has 7 heteroatoms. The molecule has 0 unspecified atom stereocenters. The Labute approximate surface area is 133 Å². The summed E-state index contributed by atoms with van der Waals surface area (Å²) in [6.45, 7) is 1.73. The van der Waals surface area contributed by atoms with Gasteiger partial charge in [-0.3, -0.25) is 9.59 Å². The fraction of sp³-hybridized carbons (Fsp3) is 0.200. The Hall–Kier alpha value is -2.47. The number of hydrogen-bond acceptors (Lipinski definition) is 5. The Morgan fingerprint density at radius 2 is 1.91 bits per heavy atom. The zero-order chi connectivity index (χ0) is 16.3. The van der Waals surface area contributed by atoms with Crippen LogP contribution in [0.15, 0.2) is 30.5 Å². The van der Waals surface area contributed by atoms with E-state index >= 15 is 0 Å². The van der Waals surface area contributed by atoms with E-state index in [-0.39, 0.29) is 5.56 Å². The summed E-state index contributed by atoms with van der Waals surface area (Å²) in [5, 5.41) is 3.31. The second-order valence-corrected chi connectivity index (χ2v) is 5.22. The number of aromatic nitrogens is 2. The second kappa shape index (κ2) is 6.53. The third-order valence-electron chi connectivity index (χ3n) is 2.89. The molecule has 22 heavy (non-hydrogen) atoms. The molecular weight excluding hydrogens is 304 g/mol. The van der Waals surface area contributed by atoms with Crippen LogP contribution in [0.3, 0.4) is 0 Å². The Kier molecular flexibility index (Phi) is 4.72. The maximum Gasteiger partial charge on any atom is 0.294 e. The number of anilines is 2. The zero-order valence-electron chi connectivity index (χ0n) is 12.4. The number of benzene rings is 1. The number of nitrogens with zero attached hydrogens (tertiary/aromatic N) is 3. The Morgan fingerprint density at radius 3 is 2.59 bits per heavy atom. The van der Waals surface area contributed by atoms with E-state index in [0.29, 0.717) is 22.4 Å². The number of hydrogen-bond donors (Lipinski definition) is 1. The van der Waals surface area contributed by atoms with Gasteiger partial charge in [-0.05, 0) is 19.1 Å². The fourth-order valence-electron chi connectivity index (χ4n) is 1.78. The minimum Gasteiger partial charge on any atom is -0.342 e. The van der Waals surface area contributed by atoms with Gasteiger partial charge in [-0.25, -0.2) is 9.97 Å². The van der Waals surface area contributed by atoms with Crippen LogP contribution in [-0.2, 0) is 4.79 Å². The van der Waals surface area contributed by atoms with Crippen LogP contribution in [0.25, 0.3) is 0 Å². The van der Waals surface area contributed by atoms with Crippen molar-refractivity contribution < 1.29 is 9.59 Å². The molecule has 0 aliphatic heterocycles. The maximum atomic E-state index is 12.3. The molecule has 0 bridgehead atoms. The standard InChI is InChI=1S/C15H15ClN4O2/c1-9-17-8-11(16)14(18-9)19-12-7-5-4-6-10(12)13(21)15(22)20(2)3/h4-8H,1-3H3,(H,17,18,19). The molecule has 0 aliphatic carbocycles. The van der Waals surface area contributed by atoms with Crippen molar-refractivity contribution in [1.82, 2.24) is 14.9 Å². The van der Waals surface area contributed by atoms with Crippen LogP contribution in [0.1, 0.15) is 16.2 Å². The lowest BCUT2D eigenvalue weighted by Crippen LogP contribution is -2.30. The van der Waals surface area contributed by atoms with Gasteiger partial charge in [0.05, 0.1) is 17.4 Å². The van der Waals surface area contributed by atoms with Crippen LogP contribution < -0.4 is 5.32 Å². The van der Waals surface area contributed by atoms with E-state index in [1.54, 1.807) is 31.2 Å². The first-order valence-electron chi connectivity index (χ1n) is 6.51. The minimum absolute atomic E-state index is 0.258. The highest BCUT2D eigenvalue weighted by Gasteiger charge is 2.21. The van der Waals surface area contributed by atoms with Crippen LogP contribution in [0.5, 0.6) is 0 Å². The van der Waals surface area contributed by atoms with Crippen molar-refractivity contribution in [2.75, 3.05) is 19.4 Å². The molecule has 6 nitrogen and oxygen atoms in total. The highest BCUT2D eigenvalue weighted by atomic mass is 35.5. The van der Waals surface area contributed by atoms with Gasteiger partial charge < -0.3 is 10.2 Å². The van der Waals surface area contributed by atoms with Crippen LogP contribution >= 0.6 is 11.6 Å². The van der Waals surface area contributed by atoms with Crippen molar-refractivity contribution in [2.24, 2.45) is 0 Å². The summed E-state index contributed by atoms with van der Waals surface area (Å²) in [4.78, 5) is 33.5. The molecule has 1 aromatic heterocycles. The number of Topliss-reactive ketones (excluding diaryl/α,β-unsaturated/α-hetero) is 1. The van der Waals surface area contributed by atoms with Gasteiger partial charge in [0.25, 0.3) is 11.7 Å². The van der Waals surface area contributed by atoms with Gasteiger partial charge in [-0.2, -0.15) is 0 Å². The first-order chi connectivity index (χ1) is 10.4. The summed E-state index contributed by atoms with van der Waals surface area (Å²) >= 11 is 6.04. The molecule has 0 spiro atoms. The maximum absolute atomic E-state index is 12.3. The van der Waals surface area contributed by atoms with Gasteiger partial charge >= 0.3 is 0 Å².